The predicted octanol–water partition coefficient (Wildman–Crippen LogP) is 6.61. The largest absolute Gasteiger partial charge is 0.421 e. The number of ether oxygens (including phenoxy) is 1. The average molecular weight is 410 g/mol. The van der Waals surface area contributed by atoms with E-state index in [-0.39, 0.29) is 5.56 Å². The van der Waals surface area contributed by atoms with Crippen molar-refractivity contribution in [1.82, 2.24) is 0 Å². The van der Waals surface area contributed by atoms with Crippen LogP contribution in [0.1, 0.15) is 49.7 Å². The molecule has 2 nitrogen and oxygen atoms in total. The Bertz CT molecular complexity index is 906. The molecular formula is C22H19F5O2. The number of carbonyl (C=O) groups excluding carboxylic acids is 1. The molecule has 0 spiro atoms. The topological polar surface area (TPSA) is 26.3 Å². The zero-order valence-corrected chi connectivity index (χ0v) is 15.7. The normalized spacial score (nSPS) is 20.2. The Kier molecular flexibility index (Phi) is 6.35. The van der Waals surface area contributed by atoms with Gasteiger partial charge >= 0.3 is 5.97 Å². The minimum Gasteiger partial charge on any atom is -0.421 e. The van der Waals surface area contributed by atoms with Gasteiger partial charge in [-0.25, -0.2) is 22.4 Å². The van der Waals surface area contributed by atoms with Crippen molar-refractivity contribution in [3.05, 3.63) is 70.8 Å². The molecule has 0 saturated heterocycles. The van der Waals surface area contributed by atoms with Crippen molar-refractivity contribution in [3.8, 4) is 5.75 Å². The molecule has 1 fully saturated rings. The summed E-state index contributed by atoms with van der Waals surface area (Å²) in [7, 11) is 0. The van der Waals surface area contributed by atoms with E-state index in [1.165, 1.54) is 12.1 Å². The van der Waals surface area contributed by atoms with Crippen molar-refractivity contribution in [2.24, 2.45) is 5.92 Å². The molecule has 0 heterocycles. The number of rotatable bonds is 4. The van der Waals surface area contributed by atoms with Crippen LogP contribution in [0.25, 0.3) is 5.83 Å². The minimum absolute atomic E-state index is 0.163. The van der Waals surface area contributed by atoms with E-state index in [1.54, 1.807) is 12.1 Å². The summed E-state index contributed by atoms with van der Waals surface area (Å²) in [5.74, 6) is -9.82. The second-order valence-corrected chi connectivity index (χ2v) is 7.30. The van der Waals surface area contributed by atoms with Crippen LogP contribution in [0.3, 0.4) is 0 Å². The summed E-state index contributed by atoms with van der Waals surface area (Å²) in [6.07, 6.45) is 4.30. The minimum atomic E-state index is -1.85. The van der Waals surface area contributed by atoms with Gasteiger partial charge in [-0.1, -0.05) is 44.0 Å². The summed E-state index contributed by atoms with van der Waals surface area (Å²) in [6.45, 7) is 2.20. The first-order chi connectivity index (χ1) is 13.8. The van der Waals surface area contributed by atoms with Crippen LogP contribution >= 0.6 is 0 Å². The summed E-state index contributed by atoms with van der Waals surface area (Å²) < 4.78 is 72.0. The van der Waals surface area contributed by atoms with E-state index >= 15 is 0 Å². The third kappa shape index (κ3) is 4.83. The van der Waals surface area contributed by atoms with Gasteiger partial charge in [0, 0.05) is 17.7 Å². The smallest absolute Gasteiger partial charge is 0.375 e. The fourth-order valence-corrected chi connectivity index (χ4v) is 3.45. The Hall–Kier alpha value is -2.70. The van der Waals surface area contributed by atoms with Crippen LogP contribution in [0.15, 0.2) is 42.2 Å². The lowest BCUT2D eigenvalue weighted by Crippen LogP contribution is -2.11. The maximum atomic E-state index is 14.3. The van der Waals surface area contributed by atoms with Crippen molar-refractivity contribution in [2.75, 3.05) is 0 Å². The molecule has 0 aliphatic heterocycles. The van der Waals surface area contributed by atoms with Crippen LogP contribution < -0.4 is 4.74 Å². The molecule has 3 rings (SSSR count). The maximum Gasteiger partial charge on any atom is 0.375 e. The lowest BCUT2D eigenvalue weighted by molar-refractivity contribution is -0.131. The molecule has 0 bridgehead atoms. The first-order valence-electron chi connectivity index (χ1n) is 9.28. The molecular weight excluding hydrogens is 391 g/mol. The predicted molar refractivity (Wildman–Crippen MR) is 97.9 cm³/mol. The van der Waals surface area contributed by atoms with E-state index in [4.69, 9.17) is 0 Å². The molecule has 1 aliphatic rings. The molecule has 29 heavy (non-hydrogen) atoms. The van der Waals surface area contributed by atoms with Gasteiger partial charge in [-0.15, -0.1) is 0 Å². The molecule has 1 saturated carbocycles. The highest BCUT2D eigenvalue weighted by Crippen LogP contribution is 2.36. The SMILES string of the molecule is CC1CCC(c2ccc(/C(F)=C(\F)C(=O)Oc3cc(F)c(F)c(F)c3)cc2)CC1. The molecule has 0 atom stereocenters. The molecule has 1 aliphatic carbocycles. The highest BCUT2D eigenvalue weighted by atomic mass is 19.2. The maximum absolute atomic E-state index is 14.3. The van der Waals surface area contributed by atoms with Crippen molar-refractivity contribution < 1.29 is 31.5 Å². The Morgan fingerprint density at radius 3 is 2.03 bits per heavy atom. The third-order valence-corrected chi connectivity index (χ3v) is 5.19. The zero-order chi connectivity index (χ0) is 21.1. The van der Waals surface area contributed by atoms with Crippen LogP contribution in [0.4, 0.5) is 22.0 Å². The summed E-state index contributed by atoms with van der Waals surface area (Å²) >= 11 is 0. The highest BCUT2D eigenvalue weighted by molar-refractivity contribution is 5.94. The van der Waals surface area contributed by atoms with Gasteiger partial charge in [0.25, 0.3) is 0 Å². The first kappa shape index (κ1) is 21.0. The fourth-order valence-electron chi connectivity index (χ4n) is 3.45. The summed E-state index contributed by atoms with van der Waals surface area (Å²) in [5.41, 5.74) is 0.859. The number of hydrogen-bond donors (Lipinski definition) is 0. The average Bonchev–Trinajstić information content (AvgIpc) is 2.71. The molecule has 0 radical (unpaired) electrons. The van der Waals surface area contributed by atoms with E-state index in [0.29, 0.717) is 24.0 Å². The molecule has 0 N–H and O–H groups in total. The van der Waals surface area contributed by atoms with Crippen LogP contribution in [0.2, 0.25) is 0 Å². The monoisotopic (exact) mass is 410 g/mol. The number of halogens is 5. The quantitative estimate of drug-likeness (QED) is 0.186. The van der Waals surface area contributed by atoms with Gasteiger partial charge in [0.2, 0.25) is 5.83 Å². The Morgan fingerprint density at radius 1 is 0.931 bits per heavy atom. The number of carbonyl (C=O) groups is 1. The Labute approximate surface area is 165 Å². The molecule has 0 aromatic heterocycles. The van der Waals surface area contributed by atoms with Crippen LogP contribution in [0, 0.1) is 23.4 Å². The van der Waals surface area contributed by atoms with Crippen LogP contribution in [0.5, 0.6) is 5.75 Å². The second-order valence-electron chi connectivity index (χ2n) is 7.30. The summed E-state index contributed by atoms with van der Waals surface area (Å²) in [4.78, 5) is 11.7. The van der Waals surface area contributed by atoms with Gasteiger partial charge in [-0.3, -0.25) is 0 Å². The molecule has 2 aromatic rings. The second kappa shape index (κ2) is 8.76. The van der Waals surface area contributed by atoms with E-state index in [9.17, 15) is 26.7 Å². The fraction of sp³-hybridized carbons (Fsp3) is 0.318. The highest BCUT2D eigenvalue weighted by Gasteiger charge is 2.23. The van der Waals surface area contributed by atoms with Crippen molar-refractivity contribution >= 4 is 11.8 Å². The molecule has 0 unspecified atom stereocenters. The number of esters is 1. The standard InChI is InChI=1S/C22H19F5O2/c1-12-2-4-13(5-3-12)14-6-8-15(9-7-14)19(25)21(27)22(28)29-16-10-17(23)20(26)18(24)11-16/h6-13H,2-5H2,1H3/b21-19+. The van der Waals surface area contributed by atoms with Gasteiger partial charge in [0.05, 0.1) is 0 Å². The van der Waals surface area contributed by atoms with Gasteiger partial charge in [-0.05, 0) is 30.2 Å². The Balaban J connectivity index is 1.73. The van der Waals surface area contributed by atoms with Gasteiger partial charge in [-0.2, -0.15) is 4.39 Å². The van der Waals surface area contributed by atoms with Crippen LogP contribution in [-0.2, 0) is 4.79 Å². The lowest BCUT2D eigenvalue weighted by Gasteiger charge is -2.26. The zero-order valence-electron chi connectivity index (χ0n) is 15.7. The van der Waals surface area contributed by atoms with E-state index in [0.717, 1.165) is 31.2 Å². The number of hydrogen-bond acceptors (Lipinski definition) is 2. The third-order valence-electron chi connectivity index (χ3n) is 5.19. The molecule has 2 aromatic carbocycles. The van der Waals surface area contributed by atoms with Crippen molar-refractivity contribution in [2.45, 2.75) is 38.5 Å². The Morgan fingerprint density at radius 2 is 1.48 bits per heavy atom. The summed E-state index contributed by atoms with van der Waals surface area (Å²) in [6, 6.07) is 6.85. The van der Waals surface area contributed by atoms with Crippen molar-refractivity contribution in [1.29, 1.82) is 0 Å². The molecule has 7 heteroatoms. The summed E-state index contributed by atoms with van der Waals surface area (Å²) in [5, 5.41) is 0. The molecule has 0 amide bonds. The van der Waals surface area contributed by atoms with E-state index < -0.39 is 40.8 Å². The lowest BCUT2D eigenvalue weighted by atomic mass is 9.79. The van der Waals surface area contributed by atoms with Gasteiger partial charge in [0.15, 0.2) is 23.3 Å². The van der Waals surface area contributed by atoms with Crippen LogP contribution in [-0.4, -0.2) is 5.97 Å². The van der Waals surface area contributed by atoms with Gasteiger partial charge < -0.3 is 4.74 Å². The van der Waals surface area contributed by atoms with Crippen molar-refractivity contribution in [3.63, 3.8) is 0 Å². The van der Waals surface area contributed by atoms with E-state index in [1.807, 2.05) is 0 Å². The molecule has 154 valence electrons. The number of benzene rings is 2. The van der Waals surface area contributed by atoms with Gasteiger partial charge in [0.1, 0.15) is 5.75 Å². The van der Waals surface area contributed by atoms with E-state index in [2.05, 4.69) is 11.7 Å². The first-order valence-corrected chi connectivity index (χ1v) is 9.28.